The molecule has 0 saturated heterocycles. The fourth-order valence-electron chi connectivity index (χ4n) is 2.07. The summed E-state index contributed by atoms with van der Waals surface area (Å²) >= 11 is 0. The molecular weight excluding hydrogens is 356 g/mol. The van der Waals surface area contributed by atoms with Crippen molar-refractivity contribution in [2.75, 3.05) is 20.8 Å². The van der Waals surface area contributed by atoms with Gasteiger partial charge in [-0.25, -0.2) is 4.83 Å². The van der Waals surface area contributed by atoms with E-state index in [9.17, 15) is 8.42 Å². The molecule has 0 aliphatic carbocycles. The van der Waals surface area contributed by atoms with Gasteiger partial charge >= 0.3 is 0 Å². The Morgan fingerprint density at radius 2 is 1.77 bits per heavy atom. The normalized spacial score (nSPS) is 11.3. The molecule has 0 aromatic heterocycles. The molecule has 2 aromatic carbocycles. The van der Waals surface area contributed by atoms with Gasteiger partial charge in [-0.3, -0.25) is 0 Å². The maximum absolute atomic E-state index is 12.2. The minimum absolute atomic E-state index is 0.0938. The number of nitrogens with one attached hydrogen (secondary N) is 1. The van der Waals surface area contributed by atoms with Gasteiger partial charge < -0.3 is 14.2 Å². The summed E-state index contributed by atoms with van der Waals surface area (Å²) in [5.41, 5.74) is 0.670. The first-order chi connectivity index (χ1) is 12.5. The molecule has 0 aliphatic rings. The topological polar surface area (TPSA) is 86.2 Å². The molecule has 0 fully saturated rings. The van der Waals surface area contributed by atoms with E-state index in [2.05, 4.69) is 9.93 Å². The molecule has 8 heteroatoms. The molecule has 1 N–H and O–H groups in total. The molecule has 0 amide bonds. The van der Waals surface area contributed by atoms with Crippen LogP contribution in [-0.2, 0) is 10.0 Å². The second-order valence-electron chi connectivity index (χ2n) is 5.29. The molecule has 7 nitrogen and oxygen atoms in total. The van der Waals surface area contributed by atoms with E-state index in [4.69, 9.17) is 14.2 Å². The van der Waals surface area contributed by atoms with Crippen LogP contribution in [0.5, 0.6) is 17.2 Å². The van der Waals surface area contributed by atoms with Crippen molar-refractivity contribution >= 4 is 16.2 Å². The summed E-state index contributed by atoms with van der Waals surface area (Å²) in [5.74, 6) is 1.76. The number of sulfonamides is 1. The summed E-state index contributed by atoms with van der Waals surface area (Å²) in [5, 5.41) is 3.81. The lowest BCUT2D eigenvalue weighted by atomic mass is 10.2. The molecule has 0 heterocycles. The first-order valence-electron chi connectivity index (χ1n) is 8.00. The number of benzene rings is 2. The number of hydrazone groups is 1. The lowest BCUT2D eigenvalue weighted by molar-refractivity contribution is 0.294. The number of ether oxygens (including phenoxy) is 3. The third-order valence-corrected chi connectivity index (χ3v) is 4.64. The molecule has 0 bridgehead atoms. The fourth-order valence-corrected chi connectivity index (χ4v) is 2.86. The monoisotopic (exact) mass is 378 g/mol. The predicted octanol–water partition coefficient (Wildman–Crippen LogP) is 2.81. The second kappa shape index (κ2) is 9.10. The quantitative estimate of drug-likeness (QED) is 0.536. The first kappa shape index (κ1) is 19.6. The standard InChI is InChI=1S/C18H22N2O5S/c1-4-11-25-17-10-5-14(12-18(17)24-3)13-19-20-26(21,22)16-8-6-15(23-2)7-9-16/h5-10,12-13,20H,4,11H2,1-3H3/b19-13-. The molecule has 140 valence electrons. The van der Waals surface area contributed by atoms with Gasteiger partial charge in [-0.15, -0.1) is 0 Å². The van der Waals surface area contributed by atoms with Gasteiger partial charge in [0.2, 0.25) is 0 Å². The first-order valence-corrected chi connectivity index (χ1v) is 9.48. The van der Waals surface area contributed by atoms with Crippen LogP contribution in [0.3, 0.4) is 0 Å². The van der Waals surface area contributed by atoms with E-state index in [-0.39, 0.29) is 4.90 Å². The third kappa shape index (κ3) is 5.13. The SMILES string of the molecule is CCCOc1ccc(/C=N\NS(=O)(=O)c2ccc(OC)cc2)cc1OC. The van der Waals surface area contributed by atoms with E-state index in [1.54, 1.807) is 37.4 Å². The van der Waals surface area contributed by atoms with Gasteiger partial charge in [-0.05, 0) is 54.4 Å². The average Bonchev–Trinajstić information content (AvgIpc) is 2.66. The van der Waals surface area contributed by atoms with Gasteiger partial charge in [-0.1, -0.05) is 6.92 Å². The van der Waals surface area contributed by atoms with E-state index in [0.717, 1.165) is 6.42 Å². The molecule has 0 saturated carbocycles. The smallest absolute Gasteiger partial charge is 0.276 e. The highest BCUT2D eigenvalue weighted by Gasteiger charge is 2.12. The molecule has 0 unspecified atom stereocenters. The van der Waals surface area contributed by atoms with Gasteiger partial charge in [0.25, 0.3) is 10.0 Å². The zero-order valence-corrected chi connectivity index (χ0v) is 15.7. The highest BCUT2D eigenvalue weighted by molar-refractivity contribution is 7.89. The number of hydrogen-bond acceptors (Lipinski definition) is 6. The highest BCUT2D eigenvalue weighted by atomic mass is 32.2. The number of methoxy groups -OCH3 is 2. The minimum Gasteiger partial charge on any atom is -0.497 e. The maximum Gasteiger partial charge on any atom is 0.276 e. The lowest BCUT2D eigenvalue weighted by Gasteiger charge is -2.10. The molecular formula is C18H22N2O5S. The molecule has 0 aliphatic heterocycles. The Morgan fingerprint density at radius 3 is 2.38 bits per heavy atom. The summed E-state index contributed by atoms with van der Waals surface area (Å²) in [6, 6.07) is 11.3. The Labute approximate surface area is 153 Å². The van der Waals surface area contributed by atoms with Gasteiger partial charge in [0.15, 0.2) is 11.5 Å². The summed E-state index contributed by atoms with van der Waals surface area (Å²) in [6.45, 7) is 2.61. The third-order valence-electron chi connectivity index (χ3n) is 3.41. The summed E-state index contributed by atoms with van der Waals surface area (Å²) in [4.78, 5) is 2.27. The molecule has 0 radical (unpaired) electrons. The molecule has 2 aromatic rings. The van der Waals surface area contributed by atoms with E-state index in [0.29, 0.717) is 29.4 Å². The largest absolute Gasteiger partial charge is 0.497 e. The van der Waals surface area contributed by atoms with Crippen LogP contribution in [-0.4, -0.2) is 35.5 Å². The van der Waals surface area contributed by atoms with Crippen LogP contribution < -0.4 is 19.0 Å². The predicted molar refractivity (Wildman–Crippen MR) is 99.7 cm³/mol. The van der Waals surface area contributed by atoms with Crippen LogP contribution in [0.2, 0.25) is 0 Å². The van der Waals surface area contributed by atoms with Gasteiger partial charge in [-0.2, -0.15) is 13.5 Å². The van der Waals surface area contributed by atoms with Crippen LogP contribution in [0.1, 0.15) is 18.9 Å². The zero-order chi connectivity index (χ0) is 19.0. The Balaban J connectivity index is 2.08. The molecule has 0 atom stereocenters. The lowest BCUT2D eigenvalue weighted by Crippen LogP contribution is -2.18. The van der Waals surface area contributed by atoms with E-state index in [1.807, 2.05) is 6.92 Å². The van der Waals surface area contributed by atoms with Crippen LogP contribution in [0.4, 0.5) is 0 Å². The zero-order valence-electron chi connectivity index (χ0n) is 14.9. The van der Waals surface area contributed by atoms with E-state index >= 15 is 0 Å². The highest BCUT2D eigenvalue weighted by Crippen LogP contribution is 2.27. The number of rotatable bonds is 9. The number of nitrogens with zero attached hydrogens (tertiary/aromatic N) is 1. The van der Waals surface area contributed by atoms with Crippen molar-refractivity contribution < 1.29 is 22.6 Å². The van der Waals surface area contributed by atoms with Gasteiger partial charge in [0.1, 0.15) is 5.75 Å². The van der Waals surface area contributed by atoms with Crippen molar-refractivity contribution in [3.05, 3.63) is 48.0 Å². The van der Waals surface area contributed by atoms with Gasteiger partial charge in [0, 0.05) is 0 Å². The van der Waals surface area contributed by atoms with Crippen LogP contribution >= 0.6 is 0 Å². The Hall–Kier alpha value is -2.74. The second-order valence-corrected chi connectivity index (χ2v) is 6.95. The van der Waals surface area contributed by atoms with Crippen LogP contribution in [0, 0.1) is 0 Å². The number of hydrogen-bond donors (Lipinski definition) is 1. The van der Waals surface area contributed by atoms with Crippen LogP contribution in [0.15, 0.2) is 52.5 Å². The van der Waals surface area contributed by atoms with Crippen molar-refractivity contribution in [3.63, 3.8) is 0 Å². The molecule has 0 spiro atoms. The maximum atomic E-state index is 12.2. The fraction of sp³-hybridized carbons (Fsp3) is 0.278. The Morgan fingerprint density at radius 1 is 1.04 bits per heavy atom. The van der Waals surface area contributed by atoms with E-state index in [1.165, 1.54) is 25.5 Å². The van der Waals surface area contributed by atoms with Crippen LogP contribution in [0.25, 0.3) is 0 Å². The summed E-state index contributed by atoms with van der Waals surface area (Å²) in [6.07, 6.45) is 2.28. The Bertz CT molecular complexity index is 848. The summed E-state index contributed by atoms with van der Waals surface area (Å²) in [7, 11) is -0.695. The van der Waals surface area contributed by atoms with Crippen molar-refractivity contribution in [1.82, 2.24) is 4.83 Å². The van der Waals surface area contributed by atoms with Crippen molar-refractivity contribution in [2.24, 2.45) is 5.10 Å². The van der Waals surface area contributed by atoms with Crippen molar-refractivity contribution in [1.29, 1.82) is 0 Å². The average molecular weight is 378 g/mol. The molecule has 26 heavy (non-hydrogen) atoms. The van der Waals surface area contributed by atoms with Crippen molar-refractivity contribution in [3.8, 4) is 17.2 Å². The Kier molecular flexibility index (Phi) is 6.85. The minimum atomic E-state index is -3.75. The van der Waals surface area contributed by atoms with Gasteiger partial charge in [0.05, 0.1) is 31.9 Å². The van der Waals surface area contributed by atoms with E-state index < -0.39 is 10.0 Å². The molecule has 2 rings (SSSR count). The summed E-state index contributed by atoms with van der Waals surface area (Å²) < 4.78 is 40.3. The van der Waals surface area contributed by atoms with Crippen molar-refractivity contribution in [2.45, 2.75) is 18.2 Å².